The second-order valence-corrected chi connectivity index (χ2v) is 5.64. The van der Waals surface area contributed by atoms with E-state index >= 15 is 0 Å². The molecule has 0 saturated carbocycles. The number of aromatic nitrogens is 1. The Morgan fingerprint density at radius 2 is 2.04 bits per heavy atom. The number of carbonyl (C=O) groups is 2. The fourth-order valence-corrected chi connectivity index (χ4v) is 2.10. The van der Waals surface area contributed by atoms with Gasteiger partial charge in [-0.15, -0.1) is 0 Å². The number of nitro groups is 1. The van der Waals surface area contributed by atoms with Gasteiger partial charge in [0.1, 0.15) is 5.15 Å². The summed E-state index contributed by atoms with van der Waals surface area (Å²) in [5, 5.41) is 13.4. The Balaban J connectivity index is 1.96. The number of pyridine rings is 1. The van der Waals surface area contributed by atoms with E-state index in [-0.39, 0.29) is 27.1 Å². The second-order valence-electron chi connectivity index (χ2n) is 4.88. The van der Waals surface area contributed by atoms with Gasteiger partial charge in [-0.3, -0.25) is 14.9 Å². The van der Waals surface area contributed by atoms with Crippen LogP contribution in [0.2, 0.25) is 10.2 Å². The third kappa shape index (κ3) is 4.88. The van der Waals surface area contributed by atoms with Gasteiger partial charge in [-0.25, -0.2) is 9.78 Å². The van der Waals surface area contributed by atoms with E-state index in [0.717, 1.165) is 6.20 Å². The number of benzene rings is 1. The van der Waals surface area contributed by atoms with E-state index in [1.165, 1.54) is 24.3 Å². The largest absolute Gasteiger partial charge is 0.452 e. The molecule has 1 N–H and O–H groups in total. The predicted octanol–water partition coefficient (Wildman–Crippen LogP) is 3.40. The van der Waals surface area contributed by atoms with Crippen LogP contribution in [-0.4, -0.2) is 28.4 Å². The van der Waals surface area contributed by atoms with Crippen LogP contribution in [0.5, 0.6) is 0 Å². The zero-order valence-electron chi connectivity index (χ0n) is 12.8. The van der Waals surface area contributed by atoms with Crippen molar-refractivity contribution in [3.63, 3.8) is 0 Å². The van der Waals surface area contributed by atoms with Crippen LogP contribution in [0.3, 0.4) is 0 Å². The summed E-state index contributed by atoms with van der Waals surface area (Å²) in [7, 11) is 0. The fourth-order valence-electron chi connectivity index (χ4n) is 1.83. The smallest absolute Gasteiger partial charge is 0.340 e. The van der Waals surface area contributed by atoms with Crippen molar-refractivity contribution in [2.45, 2.75) is 6.92 Å². The van der Waals surface area contributed by atoms with Crippen molar-refractivity contribution in [1.29, 1.82) is 0 Å². The van der Waals surface area contributed by atoms with Crippen molar-refractivity contribution in [1.82, 2.24) is 4.98 Å². The van der Waals surface area contributed by atoms with Gasteiger partial charge in [0.15, 0.2) is 6.61 Å². The summed E-state index contributed by atoms with van der Waals surface area (Å²) in [5.41, 5.74) is 0.584. The van der Waals surface area contributed by atoms with Crippen LogP contribution in [-0.2, 0) is 9.53 Å². The lowest BCUT2D eigenvalue weighted by atomic mass is 10.2. The highest BCUT2D eigenvalue weighted by Gasteiger charge is 2.15. The van der Waals surface area contributed by atoms with E-state index in [9.17, 15) is 19.7 Å². The van der Waals surface area contributed by atoms with Gasteiger partial charge < -0.3 is 10.1 Å². The number of nitrogens with one attached hydrogen (secondary N) is 1. The van der Waals surface area contributed by atoms with Crippen molar-refractivity contribution in [2.75, 3.05) is 11.9 Å². The Morgan fingerprint density at radius 3 is 2.68 bits per heavy atom. The molecule has 0 aliphatic carbocycles. The molecule has 25 heavy (non-hydrogen) atoms. The van der Waals surface area contributed by atoms with Crippen LogP contribution in [0.4, 0.5) is 11.4 Å². The molecule has 8 nitrogen and oxygen atoms in total. The first-order valence-corrected chi connectivity index (χ1v) is 7.56. The van der Waals surface area contributed by atoms with Crippen molar-refractivity contribution in [2.24, 2.45) is 0 Å². The number of nitro benzene ring substituents is 1. The average Bonchev–Trinajstić information content (AvgIpc) is 2.56. The minimum Gasteiger partial charge on any atom is -0.452 e. The normalized spacial score (nSPS) is 10.2. The van der Waals surface area contributed by atoms with Crippen molar-refractivity contribution < 1.29 is 19.2 Å². The number of hydrogen-bond acceptors (Lipinski definition) is 6. The molecule has 0 atom stereocenters. The quantitative estimate of drug-likeness (QED) is 0.366. The van der Waals surface area contributed by atoms with Crippen LogP contribution in [0.25, 0.3) is 0 Å². The molecule has 10 heteroatoms. The van der Waals surface area contributed by atoms with Crippen LogP contribution in [0, 0.1) is 17.0 Å². The molecule has 1 amide bonds. The minimum atomic E-state index is -0.809. The lowest BCUT2D eigenvalue weighted by Crippen LogP contribution is -2.21. The monoisotopic (exact) mass is 383 g/mol. The predicted molar refractivity (Wildman–Crippen MR) is 91.0 cm³/mol. The number of amides is 1. The Hall–Kier alpha value is -2.71. The SMILES string of the molecule is Cc1ccc(NC(=O)COC(=O)c2cnc(Cl)c(Cl)c2)cc1[N+](=O)[O-]. The summed E-state index contributed by atoms with van der Waals surface area (Å²) in [6.07, 6.45) is 1.16. The van der Waals surface area contributed by atoms with Gasteiger partial charge in [0.05, 0.1) is 15.5 Å². The minimum absolute atomic E-state index is 0.0353. The summed E-state index contributed by atoms with van der Waals surface area (Å²) in [4.78, 5) is 37.7. The number of carbonyl (C=O) groups excluding carboxylic acids is 2. The maximum absolute atomic E-state index is 11.8. The highest BCUT2D eigenvalue weighted by atomic mass is 35.5. The van der Waals surface area contributed by atoms with E-state index in [1.807, 2.05) is 0 Å². The zero-order valence-corrected chi connectivity index (χ0v) is 14.3. The van der Waals surface area contributed by atoms with Gasteiger partial charge >= 0.3 is 5.97 Å². The molecule has 1 heterocycles. The summed E-state index contributed by atoms with van der Waals surface area (Å²) < 4.78 is 4.83. The third-order valence-electron chi connectivity index (χ3n) is 3.06. The molecule has 130 valence electrons. The van der Waals surface area contributed by atoms with Crippen molar-refractivity contribution >= 4 is 46.5 Å². The molecule has 0 aliphatic heterocycles. The van der Waals surface area contributed by atoms with Crippen LogP contribution >= 0.6 is 23.2 Å². The molecule has 0 aliphatic rings. The lowest BCUT2D eigenvalue weighted by molar-refractivity contribution is -0.385. The Kier molecular flexibility index (Phi) is 5.89. The summed E-state index contributed by atoms with van der Waals surface area (Å²) >= 11 is 11.4. The van der Waals surface area contributed by atoms with Crippen LogP contribution in [0.15, 0.2) is 30.5 Å². The molecule has 2 aromatic rings. The molecule has 0 unspecified atom stereocenters. The number of rotatable bonds is 5. The number of nitrogens with zero attached hydrogens (tertiary/aromatic N) is 2. The van der Waals surface area contributed by atoms with Crippen molar-refractivity contribution in [3.05, 3.63) is 61.9 Å². The van der Waals surface area contributed by atoms with E-state index in [2.05, 4.69) is 10.3 Å². The first kappa shape index (κ1) is 18.6. The van der Waals surface area contributed by atoms with E-state index in [4.69, 9.17) is 27.9 Å². The highest BCUT2D eigenvalue weighted by Crippen LogP contribution is 2.22. The van der Waals surface area contributed by atoms with Gasteiger partial charge in [-0.05, 0) is 19.1 Å². The van der Waals surface area contributed by atoms with Gasteiger partial charge in [0, 0.05) is 23.5 Å². The Bertz CT molecular complexity index is 857. The standard InChI is InChI=1S/C15H11Cl2N3O5/c1-8-2-3-10(5-12(8)20(23)24)19-13(21)7-25-15(22)9-4-11(16)14(17)18-6-9/h2-6H,7H2,1H3,(H,19,21). The van der Waals surface area contributed by atoms with Crippen LogP contribution < -0.4 is 5.32 Å². The first-order valence-electron chi connectivity index (χ1n) is 6.81. The number of aryl methyl sites for hydroxylation is 1. The maximum Gasteiger partial charge on any atom is 0.340 e. The van der Waals surface area contributed by atoms with Gasteiger partial charge in [0.2, 0.25) is 0 Å². The van der Waals surface area contributed by atoms with E-state index in [1.54, 1.807) is 6.92 Å². The zero-order chi connectivity index (χ0) is 18.6. The maximum atomic E-state index is 11.8. The van der Waals surface area contributed by atoms with Crippen LogP contribution in [0.1, 0.15) is 15.9 Å². The van der Waals surface area contributed by atoms with E-state index < -0.39 is 23.4 Å². The summed E-state index contributed by atoms with van der Waals surface area (Å²) in [5.74, 6) is -1.46. The number of esters is 1. The van der Waals surface area contributed by atoms with Gasteiger partial charge in [-0.2, -0.15) is 0 Å². The summed E-state index contributed by atoms with van der Waals surface area (Å²) in [6.45, 7) is 0.998. The molecule has 0 bridgehead atoms. The highest BCUT2D eigenvalue weighted by molar-refractivity contribution is 6.41. The lowest BCUT2D eigenvalue weighted by Gasteiger charge is -2.07. The van der Waals surface area contributed by atoms with Gasteiger partial charge in [0.25, 0.3) is 11.6 Å². The molecule has 0 radical (unpaired) electrons. The number of anilines is 1. The summed E-state index contributed by atoms with van der Waals surface area (Å²) in [6, 6.07) is 5.49. The molecule has 0 saturated heterocycles. The fraction of sp³-hybridized carbons (Fsp3) is 0.133. The third-order valence-corrected chi connectivity index (χ3v) is 3.74. The number of hydrogen-bond donors (Lipinski definition) is 1. The molecule has 0 fully saturated rings. The first-order chi connectivity index (χ1) is 11.8. The molecule has 0 spiro atoms. The number of halogens is 2. The topological polar surface area (TPSA) is 111 Å². The Labute approximate surface area is 151 Å². The molecular weight excluding hydrogens is 373 g/mol. The second kappa shape index (κ2) is 7.91. The van der Waals surface area contributed by atoms with E-state index in [0.29, 0.717) is 5.56 Å². The average molecular weight is 384 g/mol. The molecule has 2 rings (SSSR count). The molecular formula is C15H11Cl2N3O5. The van der Waals surface area contributed by atoms with Gasteiger partial charge in [-0.1, -0.05) is 29.3 Å². The Morgan fingerprint density at radius 1 is 1.32 bits per heavy atom. The molecule has 1 aromatic heterocycles. The molecule has 1 aromatic carbocycles. The van der Waals surface area contributed by atoms with Crippen molar-refractivity contribution in [3.8, 4) is 0 Å². The number of ether oxygens (including phenoxy) is 1.